The van der Waals surface area contributed by atoms with E-state index in [1.807, 2.05) is 72.8 Å². The first-order valence-electron chi connectivity index (χ1n) is 24.0. The van der Waals surface area contributed by atoms with Gasteiger partial charge in [0.15, 0.2) is 0 Å². The molecule has 356 valence electrons. The first kappa shape index (κ1) is 48.6. The van der Waals surface area contributed by atoms with E-state index < -0.39 is 23.8 Å². The van der Waals surface area contributed by atoms with Crippen molar-refractivity contribution < 1.29 is 38.8 Å². The summed E-state index contributed by atoms with van der Waals surface area (Å²) in [5, 5.41) is 27.2. The van der Waals surface area contributed by atoms with Gasteiger partial charge in [-0.15, -0.1) is 24.9 Å². The monoisotopic (exact) mass is 936 g/mol. The SMILES string of the molecule is C=CCCOC(=O)N(Cc1cccc2ccccc12)C1CC(=NOCc2ccccc2)C2=CC(CCCCO)C(CCCCO)C3c4cc(Oc5ccc(SC)cc5)ccc4OC1(OCC=C)C23. The minimum absolute atomic E-state index is 0.0377. The fraction of sp³-hybridized carbons (Fsp3) is 0.368. The van der Waals surface area contributed by atoms with E-state index >= 15 is 4.79 Å². The molecule has 5 aromatic rings. The molecule has 8 rings (SSSR count). The van der Waals surface area contributed by atoms with Gasteiger partial charge in [0.25, 0.3) is 0 Å². The molecule has 2 aliphatic carbocycles. The van der Waals surface area contributed by atoms with E-state index in [0.717, 1.165) is 69.4 Å². The molecule has 10 nitrogen and oxygen atoms in total. The summed E-state index contributed by atoms with van der Waals surface area (Å²) in [6.07, 6.45) is 12.7. The minimum Gasteiger partial charge on any atom is -0.459 e. The molecule has 0 aromatic heterocycles. The number of ether oxygens (including phenoxy) is 4. The molecule has 1 fully saturated rings. The number of nitrogens with zero attached hydrogens (tertiary/aromatic N) is 2. The smallest absolute Gasteiger partial charge is 0.410 e. The number of amides is 1. The van der Waals surface area contributed by atoms with Crippen LogP contribution in [0.1, 0.15) is 74.0 Å². The molecule has 6 unspecified atom stereocenters. The lowest BCUT2D eigenvalue weighted by Crippen LogP contribution is -2.70. The summed E-state index contributed by atoms with van der Waals surface area (Å²) in [7, 11) is 0. The molecule has 1 heterocycles. The third-order valence-electron chi connectivity index (χ3n) is 13.6. The molecular formula is C57H64N2O8S. The molecule has 1 amide bonds. The number of benzene rings is 5. The lowest BCUT2D eigenvalue weighted by atomic mass is 9.55. The quantitative estimate of drug-likeness (QED) is 0.0285. The Bertz CT molecular complexity index is 2540. The highest BCUT2D eigenvalue weighted by Crippen LogP contribution is 2.62. The number of carbonyl (C=O) groups is 1. The Kier molecular flexibility index (Phi) is 16.8. The highest BCUT2D eigenvalue weighted by molar-refractivity contribution is 7.98. The number of oxime groups is 1. The first-order valence-corrected chi connectivity index (χ1v) is 25.2. The van der Waals surface area contributed by atoms with Crippen LogP contribution in [0, 0.1) is 17.8 Å². The maximum absolute atomic E-state index is 15.0. The third-order valence-corrected chi connectivity index (χ3v) is 14.3. The van der Waals surface area contributed by atoms with E-state index in [9.17, 15) is 10.2 Å². The van der Waals surface area contributed by atoms with Crippen LogP contribution < -0.4 is 9.47 Å². The van der Waals surface area contributed by atoms with Crippen molar-refractivity contribution in [2.75, 3.05) is 32.7 Å². The predicted molar refractivity (Wildman–Crippen MR) is 270 cm³/mol. The van der Waals surface area contributed by atoms with Crippen molar-refractivity contribution in [3.8, 4) is 17.2 Å². The maximum Gasteiger partial charge on any atom is 0.410 e. The second-order valence-electron chi connectivity index (χ2n) is 17.8. The van der Waals surface area contributed by atoms with Crippen molar-refractivity contribution in [1.82, 2.24) is 4.90 Å². The van der Waals surface area contributed by atoms with E-state index in [4.69, 9.17) is 28.9 Å². The number of rotatable bonds is 23. The van der Waals surface area contributed by atoms with Crippen molar-refractivity contribution >= 4 is 34.3 Å². The summed E-state index contributed by atoms with van der Waals surface area (Å²) in [6.45, 7) is 8.90. The number of aliphatic hydroxyl groups excluding tert-OH is 2. The standard InChI is InChI=1S/C57H64N2O8S/c1-4-6-34-63-56(62)59(38-43-22-16-21-41-19-10-11-23-47(41)43)53-37-51(58-65-39-40-17-8-7-9-18-40)49-35-42(20-12-14-31-60)48(24-13-15-32-61)54-50-36-45(66-44-25-28-46(68-3)29-26-44)27-30-52(50)67-57(53,55(49)54)64-33-5-2/h4-5,7-11,16-19,21-23,25-30,35-36,42,48,53-55,60-61H,1-2,6,12-15,20,24,31-34,37-39H2,3H3. The number of carbonyl (C=O) groups excluding carboxylic acids is 1. The largest absolute Gasteiger partial charge is 0.459 e. The summed E-state index contributed by atoms with van der Waals surface area (Å²) in [4.78, 5) is 24.3. The van der Waals surface area contributed by atoms with Crippen molar-refractivity contribution in [2.24, 2.45) is 22.9 Å². The van der Waals surface area contributed by atoms with Gasteiger partial charge in [-0.2, -0.15) is 0 Å². The minimum atomic E-state index is -1.47. The summed E-state index contributed by atoms with van der Waals surface area (Å²) in [6, 6.07) is 37.6. The van der Waals surface area contributed by atoms with Gasteiger partial charge < -0.3 is 34.0 Å². The second kappa shape index (κ2) is 23.4. The third kappa shape index (κ3) is 10.9. The van der Waals surface area contributed by atoms with Crippen molar-refractivity contribution in [2.45, 2.75) is 87.2 Å². The molecule has 3 aliphatic rings. The average molecular weight is 937 g/mol. The van der Waals surface area contributed by atoms with Crippen LogP contribution >= 0.6 is 11.8 Å². The zero-order chi connectivity index (χ0) is 47.3. The van der Waals surface area contributed by atoms with Gasteiger partial charge in [0.1, 0.15) is 29.9 Å². The maximum atomic E-state index is 15.0. The molecule has 2 N–H and O–H groups in total. The van der Waals surface area contributed by atoms with Gasteiger partial charge in [-0.05, 0) is 120 Å². The Morgan fingerprint density at radius 1 is 0.882 bits per heavy atom. The van der Waals surface area contributed by atoms with Gasteiger partial charge >= 0.3 is 6.09 Å². The Labute approximate surface area is 405 Å². The van der Waals surface area contributed by atoms with E-state index in [0.29, 0.717) is 36.5 Å². The lowest BCUT2D eigenvalue weighted by molar-refractivity contribution is -0.256. The Hall–Kier alpha value is -5.85. The van der Waals surface area contributed by atoms with Gasteiger partial charge in [-0.1, -0.05) is 109 Å². The number of hydrogen-bond donors (Lipinski definition) is 2. The van der Waals surface area contributed by atoms with Gasteiger partial charge in [-0.25, -0.2) is 4.79 Å². The molecule has 5 aromatic carbocycles. The molecule has 1 saturated carbocycles. The summed E-state index contributed by atoms with van der Waals surface area (Å²) < 4.78 is 27.5. The molecule has 0 spiro atoms. The molecule has 0 bridgehead atoms. The van der Waals surface area contributed by atoms with Crippen molar-refractivity contribution in [3.63, 3.8) is 0 Å². The molecule has 68 heavy (non-hydrogen) atoms. The van der Waals surface area contributed by atoms with E-state index in [2.05, 4.69) is 68.0 Å². The fourth-order valence-corrected chi connectivity index (χ4v) is 10.9. The van der Waals surface area contributed by atoms with Crippen LogP contribution in [0.25, 0.3) is 10.8 Å². The highest BCUT2D eigenvalue weighted by atomic mass is 32.2. The predicted octanol–water partition coefficient (Wildman–Crippen LogP) is 12.4. The zero-order valence-electron chi connectivity index (χ0n) is 39.0. The number of unbranched alkanes of at least 4 members (excludes halogenated alkanes) is 2. The molecule has 6 atom stereocenters. The molecular weight excluding hydrogens is 873 g/mol. The van der Waals surface area contributed by atoms with E-state index in [1.165, 1.54) is 0 Å². The topological polar surface area (TPSA) is 119 Å². The van der Waals surface area contributed by atoms with Crippen LogP contribution in [0.3, 0.4) is 0 Å². The molecule has 0 radical (unpaired) electrons. The van der Waals surface area contributed by atoms with Crippen LogP contribution in [0.4, 0.5) is 4.79 Å². The van der Waals surface area contributed by atoms with E-state index in [1.54, 1.807) is 28.8 Å². The summed E-state index contributed by atoms with van der Waals surface area (Å²) in [5.74, 6) is -0.0870. The second-order valence-corrected chi connectivity index (χ2v) is 18.6. The number of aliphatic hydroxyl groups is 2. The van der Waals surface area contributed by atoms with E-state index in [-0.39, 0.29) is 63.8 Å². The van der Waals surface area contributed by atoms with Gasteiger partial charge in [0, 0.05) is 36.0 Å². The number of thioether (sulfide) groups is 1. The number of fused-ring (bicyclic) bond motifs is 3. The van der Waals surface area contributed by atoms with Crippen LogP contribution in [0.15, 0.2) is 162 Å². The molecule has 11 heteroatoms. The van der Waals surface area contributed by atoms with Gasteiger partial charge in [-0.3, -0.25) is 4.90 Å². The van der Waals surface area contributed by atoms with Gasteiger partial charge in [0.05, 0.1) is 31.4 Å². The summed E-state index contributed by atoms with van der Waals surface area (Å²) >= 11 is 1.68. The lowest BCUT2D eigenvalue weighted by Gasteiger charge is -2.59. The molecule has 1 aliphatic heterocycles. The van der Waals surface area contributed by atoms with Crippen molar-refractivity contribution in [3.05, 3.63) is 169 Å². The average Bonchev–Trinajstić information content (AvgIpc) is 3.37. The molecule has 0 saturated heterocycles. The van der Waals surface area contributed by atoms with Crippen LogP contribution in [0.5, 0.6) is 17.2 Å². The fourth-order valence-electron chi connectivity index (χ4n) is 10.5. The normalized spacial score (nSPS) is 22.0. The Morgan fingerprint density at radius 2 is 1.63 bits per heavy atom. The highest BCUT2D eigenvalue weighted by Gasteiger charge is 2.65. The van der Waals surface area contributed by atoms with Crippen LogP contribution in [-0.2, 0) is 27.5 Å². The van der Waals surface area contributed by atoms with Crippen LogP contribution in [-0.4, -0.2) is 71.4 Å². The number of allylic oxidation sites excluding steroid dienone is 1. The van der Waals surface area contributed by atoms with Crippen LogP contribution in [0.2, 0.25) is 0 Å². The van der Waals surface area contributed by atoms with Crippen molar-refractivity contribution in [1.29, 1.82) is 0 Å². The van der Waals surface area contributed by atoms with Gasteiger partial charge in [0.2, 0.25) is 5.79 Å². The summed E-state index contributed by atoms with van der Waals surface area (Å²) in [5.41, 5.74) is 4.54. The zero-order valence-corrected chi connectivity index (χ0v) is 39.9. The Balaban J connectivity index is 1.35. The first-order chi connectivity index (χ1) is 33.4. The number of hydrogen-bond acceptors (Lipinski definition) is 10. The Morgan fingerprint density at radius 3 is 2.40 bits per heavy atom.